The fourth-order valence-corrected chi connectivity index (χ4v) is 4.18. The molecule has 38 heavy (non-hydrogen) atoms. The molecular formula is C26H32O12. The van der Waals surface area contributed by atoms with Gasteiger partial charge < -0.3 is 59.8 Å². The summed E-state index contributed by atoms with van der Waals surface area (Å²) in [6.07, 6.45) is -11.4. The van der Waals surface area contributed by atoms with Crippen LogP contribution >= 0.6 is 0 Å². The minimum atomic E-state index is -1.65. The summed E-state index contributed by atoms with van der Waals surface area (Å²) >= 11 is 0. The smallest absolute Gasteiger partial charge is 0.229 e. The van der Waals surface area contributed by atoms with E-state index in [1.165, 1.54) is 6.07 Å². The van der Waals surface area contributed by atoms with Crippen molar-refractivity contribution in [3.05, 3.63) is 59.7 Å². The van der Waals surface area contributed by atoms with Crippen molar-refractivity contribution in [2.75, 3.05) is 13.2 Å². The zero-order valence-electron chi connectivity index (χ0n) is 20.2. The Hall–Kier alpha value is -2.62. The van der Waals surface area contributed by atoms with Crippen LogP contribution in [0.15, 0.2) is 48.5 Å². The zero-order chi connectivity index (χ0) is 27.4. The summed E-state index contributed by atoms with van der Waals surface area (Å²) in [6.45, 7) is -1.26. The quantitative estimate of drug-likeness (QED) is 0.177. The lowest BCUT2D eigenvalue weighted by molar-refractivity contribution is -0.278. The van der Waals surface area contributed by atoms with E-state index in [4.69, 9.17) is 18.9 Å². The number of rotatable bonds is 8. The molecule has 0 saturated carbocycles. The first-order valence-electron chi connectivity index (χ1n) is 12.0. The van der Waals surface area contributed by atoms with Gasteiger partial charge in [-0.1, -0.05) is 42.5 Å². The predicted octanol–water partition coefficient (Wildman–Crippen LogP) is -1.79. The summed E-state index contributed by atoms with van der Waals surface area (Å²) < 4.78 is 22.3. The predicted molar refractivity (Wildman–Crippen MR) is 131 cm³/mol. The SMILES string of the molecule is OC[C@H]1O[C@@H](Oc2cc(/C=C/c3ccccc3)cc(O[C@@H]3O[C@H](CO)[C@@H](O)[C@H](O)[C@H]3O)c2)[C@H](O)[C@@H](O)[C@@H]1O. The molecule has 2 saturated heterocycles. The molecule has 2 aliphatic rings. The number of hydrogen-bond acceptors (Lipinski definition) is 12. The fraction of sp³-hybridized carbons (Fsp3) is 0.462. The van der Waals surface area contributed by atoms with Crippen molar-refractivity contribution in [1.29, 1.82) is 0 Å². The van der Waals surface area contributed by atoms with Gasteiger partial charge in [0.15, 0.2) is 0 Å². The summed E-state index contributed by atoms with van der Waals surface area (Å²) in [5.41, 5.74) is 1.43. The molecule has 12 nitrogen and oxygen atoms in total. The maximum Gasteiger partial charge on any atom is 0.229 e. The second kappa shape index (κ2) is 12.5. The van der Waals surface area contributed by atoms with E-state index in [1.54, 1.807) is 18.2 Å². The Bertz CT molecular complexity index is 1010. The third-order valence-corrected chi connectivity index (χ3v) is 6.37. The molecule has 0 bridgehead atoms. The monoisotopic (exact) mass is 536 g/mol. The first-order chi connectivity index (χ1) is 18.2. The van der Waals surface area contributed by atoms with E-state index in [2.05, 4.69) is 0 Å². The Labute approximate surface area is 218 Å². The summed E-state index contributed by atoms with van der Waals surface area (Å²) in [5.74, 6) is 0.174. The van der Waals surface area contributed by atoms with Crippen LogP contribution in [0.3, 0.4) is 0 Å². The average molecular weight is 537 g/mol. The Morgan fingerprint density at radius 2 is 1.03 bits per heavy atom. The van der Waals surface area contributed by atoms with Gasteiger partial charge in [0.2, 0.25) is 12.6 Å². The third kappa shape index (κ3) is 6.33. The van der Waals surface area contributed by atoms with Gasteiger partial charge in [0.05, 0.1) is 13.2 Å². The van der Waals surface area contributed by atoms with E-state index >= 15 is 0 Å². The summed E-state index contributed by atoms with van der Waals surface area (Å²) in [4.78, 5) is 0. The van der Waals surface area contributed by atoms with E-state index in [0.717, 1.165) is 5.56 Å². The minimum absolute atomic E-state index is 0.0872. The third-order valence-electron chi connectivity index (χ3n) is 6.37. The Morgan fingerprint density at radius 3 is 1.47 bits per heavy atom. The van der Waals surface area contributed by atoms with Crippen LogP contribution < -0.4 is 9.47 Å². The number of aliphatic hydroxyl groups is 8. The highest BCUT2D eigenvalue weighted by Gasteiger charge is 2.46. The van der Waals surface area contributed by atoms with Crippen LogP contribution in [-0.2, 0) is 9.47 Å². The van der Waals surface area contributed by atoms with Gasteiger partial charge in [0.25, 0.3) is 0 Å². The number of benzene rings is 2. The maximum absolute atomic E-state index is 10.4. The first-order valence-corrected chi connectivity index (χ1v) is 12.0. The van der Waals surface area contributed by atoms with Crippen molar-refractivity contribution >= 4 is 12.2 Å². The second-order valence-corrected chi connectivity index (χ2v) is 9.11. The molecule has 0 amide bonds. The Kier molecular flexibility index (Phi) is 9.33. The van der Waals surface area contributed by atoms with Crippen molar-refractivity contribution in [2.45, 2.75) is 61.4 Å². The van der Waals surface area contributed by atoms with E-state index in [0.29, 0.717) is 5.56 Å². The van der Waals surface area contributed by atoms with Gasteiger partial charge in [-0.25, -0.2) is 0 Å². The molecule has 4 rings (SSSR count). The van der Waals surface area contributed by atoms with Crippen molar-refractivity contribution in [3.8, 4) is 11.5 Å². The summed E-state index contributed by atoms with van der Waals surface area (Å²) in [6, 6.07) is 13.9. The van der Waals surface area contributed by atoms with Crippen LogP contribution in [0.5, 0.6) is 11.5 Å². The van der Waals surface area contributed by atoms with E-state index in [1.807, 2.05) is 36.4 Å². The van der Waals surface area contributed by atoms with Crippen LogP contribution in [0.4, 0.5) is 0 Å². The van der Waals surface area contributed by atoms with E-state index in [9.17, 15) is 40.9 Å². The van der Waals surface area contributed by atoms with Gasteiger partial charge in [-0.15, -0.1) is 0 Å². The number of aliphatic hydroxyl groups excluding tert-OH is 8. The highest BCUT2D eigenvalue weighted by Crippen LogP contribution is 2.31. The van der Waals surface area contributed by atoms with Gasteiger partial charge in [-0.05, 0) is 23.3 Å². The Balaban J connectivity index is 1.61. The van der Waals surface area contributed by atoms with E-state index in [-0.39, 0.29) is 11.5 Å². The lowest BCUT2D eigenvalue weighted by Gasteiger charge is -2.40. The molecule has 2 aromatic rings. The Morgan fingerprint density at radius 1 is 0.579 bits per heavy atom. The second-order valence-electron chi connectivity index (χ2n) is 9.11. The van der Waals surface area contributed by atoms with Gasteiger partial charge >= 0.3 is 0 Å². The first kappa shape index (κ1) is 28.4. The molecule has 10 atom stereocenters. The molecule has 0 radical (unpaired) electrons. The highest BCUT2D eigenvalue weighted by molar-refractivity contribution is 5.71. The van der Waals surface area contributed by atoms with Crippen LogP contribution in [-0.4, -0.2) is 115 Å². The molecule has 0 spiro atoms. The molecule has 2 aliphatic heterocycles. The molecule has 2 fully saturated rings. The summed E-state index contributed by atoms with van der Waals surface area (Å²) in [7, 11) is 0. The van der Waals surface area contributed by atoms with E-state index < -0.39 is 74.6 Å². The van der Waals surface area contributed by atoms with Crippen LogP contribution in [0.25, 0.3) is 12.2 Å². The molecule has 208 valence electrons. The largest absolute Gasteiger partial charge is 0.462 e. The molecule has 2 heterocycles. The highest BCUT2D eigenvalue weighted by atomic mass is 16.7. The molecule has 8 N–H and O–H groups in total. The summed E-state index contributed by atoms with van der Waals surface area (Å²) in [5, 5.41) is 79.9. The zero-order valence-corrected chi connectivity index (χ0v) is 20.2. The maximum atomic E-state index is 10.4. The molecular weight excluding hydrogens is 504 g/mol. The van der Waals surface area contributed by atoms with Crippen molar-refractivity contribution < 1.29 is 59.8 Å². The molecule has 0 unspecified atom stereocenters. The lowest BCUT2D eigenvalue weighted by Crippen LogP contribution is -2.60. The lowest BCUT2D eigenvalue weighted by atomic mass is 9.99. The van der Waals surface area contributed by atoms with Gasteiger partial charge in [0, 0.05) is 6.07 Å². The van der Waals surface area contributed by atoms with Crippen molar-refractivity contribution in [2.24, 2.45) is 0 Å². The molecule has 12 heteroatoms. The van der Waals surface area contributed by atoms with Gasteiger partial charge in [-0.2, -0.15) is 0 Å². The van der Waals surface area contributed by atoms with Crippen molar-refractivity contribution in [3.63, 3.8) is 0 Å². The molecule has 2 aromatic carbocycles. The molecule has 0 aliphatic carbocycles. The van der Waals surface area contributed by atoms with Crippen LogP contribution in [0.2, 0.25) is 0 Å². The van der Waals surface area contributed by atoms with Crippen LogP contribution in [0.1, 0.15) is 11.1 Å². The fourth-order valence-electron chi connectivity index (χ4n) is 4.18. The average Bonchev–Trinajstić information content (AvgIpc) is 2.93. The molecule has 0 aromatic heterocycles. The van der Waals surface area contributed by atoms with Crippen molar-refractivity contribution in [1.82, 2.24) is 0 Å². The van der Waals surface area contributed by atoms with Gasteiger partial charge in [-0.3, -0.25) is 0 Å². The number of hydrogen-bond donors (Lipinski definition) is 8. The number of ether oxygens (including phenoxy) is 4. The minimum Gasteiger partial charge on any atom is -0.462 e. The topological polar surface area (TPSA) is 199 Å². The normalized spacial score (nSPS) is 35.8. The van der Waals surface area contributed by atoms with Gasteiger partial charge in [0.1, 0.15) is 60.3 Å². The van der Waals surface area contributed by atoms with Crippen LogP contribution in [0, 0.1) is 0 Å². The standard InChI is InChI=1S/C26H32O12/c27-11-17-19(29)21(31)23(33)25(37-17)35-15-8-14(7-6-13-4-2-1-3-5-13)9-16(10-15)36-26-24(34)22(32)20(30)18(12-28)38-26/h1-10,17-34H,11-12H2/b7-6+/t17-,18-,19-,20-,21+,22+,23-,24-,25-,26-/m1/s1.